The zero-order valence-corrected chi connectivity index (χ0v) is 12.9. The Morgan fingerprint density at radius 1 is 1.09 bits per heavy atom. The van der Waals surface area contributed by atoms with E-state index in [1.165, 1.54) is 32.4 Å². The van der Waals surface area contributed by atoms with Crippen molar-refractivity contribution in [3.63, 3.8) is 0 Å². The maximum Gasteiger partial charge on any atom is 0.315 e. The number of nitrogen functional groups attached to an aromatic ring is 1. The maximum absolute atomic E-state index is 11.3. The predicted molar refractivity (Wildman–Crippen MR) is 88.2 cm³/mol. The molecule has 0 amide bonds. The highest BCUT2D eigenvalue weighted by atomic mass is 16.6. The summed E-state index contributed by atoms with van der Waals surface area (Å²) in [6.07, 6.45) is 6.12. The quantitative estimate of drug-likeness (QED) is 0.528. The van der Waals surface area contributed by atoms with Crippen molar-refractivity contribution in [1.82, 2.24) is 4.90 Å². The van der Waals surface area contributed by atoms with Crippen molar-refractivity contribution in [1.29, 1.82) is 0 Å². The molecule has 0 saturated carbocycles. The number of piperidine rings is 2. The summed E-state index contributed by atoms with van der Waals surface area (Å²) < 4.78 is 0. The number of benzene rings is 1. The van der Waals surface area contributed by atoms with Crippen LogP contribution < -0.4 is 10.6 Å². The number of nitro groups is 1. The molecule has 6 nitrogen and oxygen atoms in total. The minimum atomic E-state index is -0.360. The molecule has 0 aromatic heterocycles. The number of nitro benzene ring substituents is 1. The van der Waals surface area contributed by atoms with E-state index in [1.807, 2.05) is 6.07 Å². The molecular weight excluding hydrogens is 280 g/mol. The van der Waals surface area contributed by atoms with Gasteiger partial charge in [-0.3, -0.25) is 10.1 Å². The van der Waals surface area contributed by atoms with E-state index in [4.69, 9.17) is 5.73 Å². The lowest BCUT2D eigenvalue weighted by molar-refractivity contribution is -0.383. The molecule has 2 fully saturated rings. The molecule has 3 rings (SSSR count). The van der Waals surface area contributed by atoms with Crippen molar-refractivity contribution in [2.24, 2.45) is 0 Å². The summed E-state index contributed by atoms with van der Waals surface area (Å²) in [6.45, 7) is 4.16. The van der Waals surface area contributed by atoms with Crippen LogP contribution in [0.2, 0.25) is 0 Å². The van der Waals surface area contributed by atoms with Crippen LogP contribution >= 0.6 is 0 Å². The smallest absolute Gasteiger partial charge is 0.315 e. The molecule has 22 heavy (non-hydrogen) atoms. The molecule has 0 atom stereocenters. The van der Waals surface area contributed by atoms with E-state index >= 15 is 0 Å². The van der Waals surface area contributed by atoms with Gasteiger partial charge in [0.05, 0.1) is 4.92 Å². The third-order valence-electron chi connectivity index (χ3n) is 4.94. The third-order valence-corrected chi connectivity index (χ3v) is 4.94. The SMILES string of the molecule is Nc1cccc(N2CCC(N3CCCCC3)CC2)c1[N+](=O)[O-]. The van der Waals surface area contributed by atoms with E-state index in [0.29, 0.717) is 11.7 Å². The standard InChI is InChI=1S/C16H24N4O2/c17-14-5-4-6-15(16(14)20(21)22)19-11-7-13(8-12-19)18-9-2-1-3-10-18/h4-6,13H,1-3,7-12,17H2. The van der Waals surface area contributed by atoms with Crippen LogP contribution in [0, 0.1) is 10.1 Å². The summed E-state index contributed by atoms with van der Waals surface area (Å²) in [6, 6.07) is 5.85. The summed E-state index contributed by atoms with van der Waals surface area (Å²) in [5, 5.41) is 11.3. The minimum Gasteiger partial charge on any atom is -0.393 e. The molecule has 2 heterocycles. The first-order valence-corrected chi connectivity index (χ1v) is 8.18. The number of hydrogen-bond donors (Lipinski definition) is 1. The largest absolute Gasteiger partial charge is 0.393 e. The van der Waals surface area contributed by atoms with Crippen molar-refractivity contribution in [3.8, 4) is 0 Å². The Labute approximate surface area is 131 Å². The molecule has 0 radical (unpaired) electrons. The highest BCUT2D eigenvalue weighted by molar-refractivity contribution is 5.75. The Morgan fingerprint density at radius 3 is 2.41 bits per heavy atom. The van der Waals surface area contributed by atoms with Gasteiger partial charge in [0.2, 0.25) is 0 Å². The van der Waals surface area contributed by atoms with E-state index in [2.05, 4.69) is 9.80 Å². The molecule has 1 aromatic rings. The van der Waals surface area contributed by atoms with Gasteiger partial charge in [-0.1, -0.05) is 12.5 Å². The first kappa shape index (κ1) is 15.1. The van der Waals surface area contributed by atoms with Gasteiger partial charge in [0.15, 0.2) is 0 Å². The summed E-state index contributed by atoms with van der Waals surface area (Å²) >= 11 is 0. The molecule has 6 heteroatoms. The molecule has 2 N–H and O–H groups in total. The van der Waals surface area contributed by atoms with Gasteiger partial charge in [-0.05, 0) is 50.9 Å². The van der Waals surface area contributed by atoms with Crippen molar-refractivity contribution in [2.45, 2.75) is 38.1 Å². The second kappa shape index (κ2) is 6.52. The molecule has 120 valence electrons. The Balaban J connectivity index is 1.69. The summed E-state index contributed by atoms with van der Waals surface area (Å²) in [7, 11) is 0. The molecule has 0 aliphatic carbocycles. The zero-order valence-electron chi connectivity index (χ0n) is 12.9. The van der Waals surface area contributed by atoms with Gasteiger partial charge in [-0.2, -0.15) is 0 Å². The van der Waals surface area contributed by atoms with Crippen LogP contribution in [-0.2, 0) is 0 Å². The van der Waals surface area contributed by atoms with Gasteiger partial charge in [0.1, 0.15) is 11.4 Å². The summed E-state index contributed by atoms with van der Waals surface area (Å²) in [5.74, 6) is 0. The minimum absolute atomic E-state index is 0.0546. The Morgan fingerprint density at radius 2 is 1.77 bits per heavy atom. The first-order valence-electron chi connectivity index (χ1n) is 8.18. The topological polar surface area (TPSA) is 75.6 Å². The van der Waals surface area contributed by atoms with E-state index < -0.39 is 0 Å². The maximum atomic E-state index is 11.3. The Kier molecular flexibility index (Phi) is 4.47. The molecular formula is C16H24N4O2. The number of para-hydroxylation sites is 1. The second-order valence-corrected chi connectivity index (χ2v) is 6.29. The zero-order chi connectivity index (χ0) is 15.5. The molecule has 0 unspecified atom stereocenters. The number of hydrogen-bond acceptors (Lipinski definition) is 5. The van der Waals surface area contributed by atoms with Crippen molar-refractivity contribution in [3.05, 3.63) is 28.3 Å². The Bertz CT molecular complexity index is 535. The van der Waals surface area contributed by atoms with Crippen LogP contribution in [-0.4, -0.2) is 42.0 Å². The van der Waals surface area contributed by atoms with E-state index in [1.54, 1.807) is 12.1 Å². The number of nitrogens with two attached hydrogens (primary N) is 1. The van der Waals surface area contributed by atoms with Crippen LogP contribution in [0.1, 0.15) is 32.1 Å². The van der Waals surface area contributed by atoms with Gasteiger partial charge in [0, 0.05) is 19.1 Å². The molecule has 2 aliphatic rings. The average molecular weight is 304 g/mol. The molecule has 2 aliphatic heterocycles. The van der Waals surface area contributed by atoms with Gasteiger partial charge >= 0.3 is 5.69 Å². The number of likely N-dealkylation sites (tertiary alicyclic amines) is 1. The van der Waals surface area contributed by atoms with E-state index in [-0.39, 0.29) is 16.3 Å². The van der Waals surface area contributed by atoms with Gasteiger partial charge in [0.25, 0.3) is 0 Å². The Hall–Kier alpha value is -1.82. The number of rotatable bonds is 3. The van der Waals surface area contributed by atoms with Crippen LogP contribution in [0.3, 0.4) is 0 Å². The number of nitrogens with zero attached hydrogens (tertiary/aromatic N) is 3. The van der Waals surface area contributed by atoms with Crippen LogP contribution in [0.5, 0.6) is 0 Å². The van der Waals surface area contributed by atoms with Crippen molar-refractivity contribution in [2.75, 3.05) is 36.8 Å². The molecule has 0 bridgehead atoms. The van der Waals surface area contributed by atoms with Crippen LogP contribution in [0.4, 0.5) is 17.1 Å². The predicted octanol–water partition coefficient (Wildman–Crippen LogP) is 2.63. The number of anilines is 2. The van der Waals surface area contributed by atoms with Gasteiger partial charge in [-0.15, -0.1) is 0 Å². The van der Waals surface area contributed by atoms with Gasteiger partial charge < -0.3 is 15.5 Å². The fourth-order valence-corrected chi connectivity index (χ4v) is 3.76. The lowest BCUT2D eigenvalue weighted by atomic mass is 9.99. The second-order valence-electron chi connectivity index (χ2n) is 6.29. The highest BCUT2D eigenvalue weighted by Crippen LogP contribution is 2.35. The summed E-state index contributed by atoms with van der Waals surface area (Å²) in [5.41, 5.74) is 6.77. The van der Waals surface area contributed by atoms with Crippen LogP contribution in [0.15, 0.2) is 18.2 Å². The molecule has 0 spiro atoms. The fourth-order valence-electron chi connectivity index (χ4n) is 3.76. The lowest BCUT2D eigenvalue weighted by Gasteiger charge is -2.40. The molecule has 2 saturated heterocycles. The van der Waals surface area contributed by atoms with E-state index in [9.17, 15) is 10.1 Å². The molecule has 1 aromatic carbocycles. The van der Waals surface area contributed by atoms with E-state index in [0.717, 1.165) is 25.9 Å². The highest BCUT2D eigenvalue weighted by Gasteiger charge is 2.29. The average Bonchev–Trinajstić information content (AvgIpc) is 2.55. The van der Waals surface area contributed by atoms with Crippen LogP contribution in [0.25, 0.3) is 0 Å². The van der Waals surface area contributed by atoms with Gasteiger partial charge in [-0.25, -0.2) is 0 Å². The summed E-state index contributed by atoms with van der Waals surface area (Å²) in [4.78, 5) is 15.7. The third kappa shape index (κ3) is 3.02. The van der Waals surface area contributed by atoms with Crippen molar-refractivity contribution >= 4 is 17.1 Å². The lowest BCUT2D eigenvalue weighted by Crippen LogP contribution is -2.46. The normalized spacial score (nSPS) is 21.0. The fraction of sp³-hybridized carbons (Fsp3) is 0.625. The first-order chi connectivity index (χ1) is 10.7. The van der Waals surface area contributed by atoms with Crippen molar-refractivity contribution < 1.29 is 4.92 Å². The monoisotopic (exact) mass is 304 g/mol.